The first kappa shape index (κ1) is 16.0. The second-order valence-corrected chi connectivity index (χ2v) is 5.67. The van der Waals surface area contributed by atoms with E-state index in [4.69, 9.17) is 4.74 Å². The summed E-state index contributed by atoms with van der Waals surface area (Å²) in [4.78, 5) is 0. The molecule has 0 atom stereocenters. The van der Waals surface area contributed by atoms with Crippen molar-refractivity contribution in [1.29, 1.82) is 0 Å². The third kappa shape index (κ3) is 11.0. The smallest absolute Gasteiger partial charge is 0.0466 e. The monoisotopic (exact) mass is 255 g/mol. The number of hydrogen-bond acceptors (Lipinski definition) is 2. The predicted octanol–water partition coefficient (Wildman–Crippen LogP) is 4.29. The maximum absolute atomic E-state index is 5.66. The van der Waals surface area contributed by atoms with Gasteiger partial charge in [-0.1, -0.05) is 39.0 Å². The van der Waals surface area contributed by atoms with Gasteiger partial charge in [0.05, 0.1) is 0 Å². The first-order valence-corrected chi connectivity index (χ1v) is 8.24. The van der Waals surface area contributed by atoms with Gasteiger partial charge in [0.25, 0.3) is 0 Å². The number of hydrogen-bond donors (Lipinski definition) is 1. The minimum atomic E-state index is 0.869. The number of ether oxygens (including phenoxy) is 1. The van der Waals surface area contributed by atoms with Gasteiger partial charge in [0.15, 0.2) is 0 Å². The van der Waals surface area contributed by atoms with E-state index in [9.17, 15) is 0 Å². The molecule has 0 saturated heterocycles. The van der Waals surface area contributed by atoms with E-state index < -0.39 is 0 Å². The summed E-state index contributed by atoms with van der Waals surface area (Å²) >= 11 is 0. The van der Waals surface area contributed by atoms with Crippen LogP contribution in [0.15, 0.2) is 0 Å². The molecule has 0 heterocycles. The van der Waals surface area contributed by atoms with Gasteiger partial charge in [-0.05, 0) is 45.1 Å². The summed E-state index contributed by atoms with van der Waals surface area (Å²) in [5.41, 5.74) is 0. The van der Waals surface area contributed by atoms with Crippen LogP contribution >= 0.6 is 0 Å². The lowest BCUT2D eigenvalue weighted by Crippen LogP contribution is -2.17. The molecular weight excluding hydrogens is 222 g/mol. The largest absolute Gasteiger partial charge is 0.381 e. The van der Waals surface area contributed by atoms with Gasteiger partial charge < -0.3 is 10.1 Å². The molecule has 18 heavy (non-hydrogen) atoms. The maximum Gasteiger partial charge on any atom is 0.0466 e. The normalized spacial score (nSPS) is 15.2. The van der Waals surface area contributed by atoms with Gasteiger partial charge in [0, 0.05) is 19.3 Å². The highest BCUT2D eigenvalue weighted by Gasteiger charge is 2.19. The van der Waals surface area contributed by atoms with Crippen LogP contribution in [0.2, 0.25) is 0 Å². The Morgan fingerprint density at radius 3 is 2.11 bits per heavy atom. The molecule has 0 aromatic rings. The Bertz CT molecular complexity index is 168. The molecule has 1 aliphatic rings. The van der Waals surface area contributed by atoms with E-state index >= 15 is 0 Å². The van der Waals surface area contributed by atoms with Crippen LogP contribution in [-0.4, -0.2) is 25.8 Å². The number of rotatable bonds is 14. The third-order valence-corrected chi connectivity index (χ3v) is 3.62. The minimum Gasteiger partial charge on any atom is -0.381 e. The van der Waals surface area contributed by atoms with Gasteiger partial charge in [-0.3, -0.25) is 0 Å². The fourth-order valence-electron chi connectivity index (χ4n) is 2.19. The molecule has 0 unspecified atom stereocenters. The van der Waals surface area contributed by atoms with Crippen LogP contribution in [-0.2, 0) is 4.74 Å². The molecule has 2 heteroatoms. The van der Waals surface area contributed by atoms with E-state index in [1.807, 2.05) is 0 Å². The van der Waals surface area contributed by atoms with Crippen molar-refractivity contribution < 1.29 is 4.74 Å². The zero-order valence-electron chi connectivity index (χ0n) is 12.4. The molecule has 108 valence electrons. The molecule has 0 aliphatic heterocycles. The van der Waals surface area contributed by atoms with Crippen molar-refractivity contribution in [2.45, 2.75) is 83.6 Å². The van der Waals surface area contributed by atoms with Crippen LogP contribution in [0.3, 0.4) is 0 Å². The third-order valence-electron chi connectivity index (χ3n) is 3.62. The first-order chi connectivity index (χ1) is 8.93. The summed E-state index contributed by atoms with van der Waals surface area (Å²) in [5, 5.41) is 3.55. The highest BCUT2D eigenvalue weighted by molar-refractivity contribution is 4.80. The molecule has 0 amide bonds. The van der Waals surface area contributed by atoms with E-state index in [0.717, 1.165) is 19.3 Å². The lowest BCUT2D eigenvalue weighted by Gasteiger charge is -2.05. The van der Waals surface area contributed by atoms with Crippen molar-refractivity contribution in [1.82, 2.24) is 5.32 Å². The van der Waals surface area contributed by atoms with Crippen molar-refractivity contribution in [2.75, 3.05) is 19.8 Å². The van der Waals surface area contributed by atoms with Crippen molar-refractivity contribution in [3.8, 4) is 0 Å². The molecule has 0 aromatic heterocycles. The lowest BCUT2D eigenvalue weighted by atomic mass is 10.1. The van der Waals surface area contributed by atoms with Gasteiger partial charge in [-0.25, -0.2) is 0 Å². The van der Waals surface area contributed by atoms with Crippen LogP contribution in [0, 0.1) is 0 Å². The molecule has 1 fully saturated rings. The fraction of sp³-hybridized carbons (Fsp3) is 1.00. The Labute approximate surface area is 114 Å². The second kappa shape index (κ2) is 12.0. The molecule has 0 bridgehead atoms. The molecular formula is C16H33NO. The Balaban J connectivity index is 1.60. The topological polar surface area (TPSA) is 21.3 Å². The molecule has 1 N–H and O–H groups in total. The lowest BCUT2D eigenvalue weighted by molar-refractivity contribution is 0.126. The van der Waals surface area contributed by atoms with Gasteiger partial charge >= 0.3 is 0 Å². The van der Waals surface area contributed by atoms with Gasteiger partial charge in [-0.15, -0.1) is 0 Å². The van der Waals surface area contributed by atoms with E-state index in [1.165, 1.54) is 77.2 Å². The van der Waals surface area contributed by atoms with Gasteiger partial charge in [0.2, 0.25) is 0 Å². The first-order valence-electron chi connectivity index (χ1n) is 8.24. The van der Waals surface area contributed by atoms with Crippen molar-refractivity contribution in [3.63, 3.8) is 0 Å². The second-order valence-electron chi connectivity index (χ2n) is 5.67. The summed E-state index contributed by atoms with van der Waals surface area (Å²) in [7, 11) is 0. The molecule has 0 spiro atoms. The van der Waals surface area contributed by atoms with Crippen molar-refractivity contribution >= 4 is 0 Å². The SMILES string of the molecule is CCCCCCCCOCCCCCNC1CC1. The van der Waals surface area contributed by atoms with Crippen molar-refractivity contribution in [2.24, 2.45) is 0 Å². The fourth-order valence-corrected chi connectivity index (χ4v) is 2.19. The van der Waals surface area contributed by atoms with E-state index in [-0.39, 0.29) is 0 Å². The van der Waals surface area contributed by atoms with Crippen LogP contribution < -0.4 is 5.32 Å². The predicted molar refractivity (Wildman–Crippen MR) is 79.1 cm³/mol. The minimum absolute atomic E-state index is 0.869. The maximum atomic E-state index is 5.66. The Morgan fingerprint density at radius 1 is 0.833 bits per heavy atom. The van der Waals surface area contributed by atoms with E-state index in [0.29, 0.717) is 0 Å². The Kier molecular flexibility index (Phi) is 10.6. The highest BCUT2D eigenvalue weighted by atomic mass is 16.5. The number of unbranched alkanes of at least 4 members (excludes halogenated alkanes) is 7. The van der Waals surface area contributed by atoms with E-state index in [2.05, 4.69) is 12.2 Å². The summed E-state index contributed by atoms with van der Waals surface area (Å²) in [6, 6.07) is 0.869. The molecule has 1 saturated carbocycles. The summed E-state index contributed by atoms with van der Waals surface area (Å²) in [5.74, 6) is 0. The zero-order chi connectivity index (χ0) is 12.9. The van der Waals surface area contributed by atoms with Crippen LogP contribution in [0.5, 0.6) is 0 Å². The molecule has 1 rings (SSSR count). The summed E-state index contributed by atoms with van der Waals surface area (Å²) in [6.07, 6.45) is 14.8. The molecule has 2 nitrogen and oxygen atoms in total. The Morgan fingerprint density at radius 2 is 1.44 bits per heavy atom. The molecule has 0 aromatic carbocycles. The number of nitrogens with one attached hydrogen (secondary N) is 1. The highest BCUT2D eigenvalue weighted by Crippen LogP contribution is 2.18. The Hall–Kier alpha value is -0.0800. The summed E-state index contributed by atoms with van der Waals surface area (Å²) < 4.78 is 5.66. The summed E-state index contributed by atoms with van der Waals surface area (Å²) in [6.45, 7) is 5.43. The van der Waals surface area contributed by atoms with Gasteiger partial charge in [0.1, 0.15) is 0 Å². The standard InChI is InChI=1S/C16H33NO/c1-2-3-4-5-6-9-14-18-15-10-7-8-13-17-16-11-12-16/h16-17H,2-15H2,1H3. The molecule has 1 aliphatic carbocycles. The van der Waals surface area contributed by atoms with Gasteiger partial charge in [-0.2, -0.15) is 0 Å². The average Bonchev–Trinajstić information content (AvgIpc) is 3.19. The quantitative estimate of drug-likeness (QED) is 0.468. The van der Waals surface area contributed by atoms with Crippen LogP contribution in [0.1, 0.15) is 77.6 Å². The van der Waals surface area contributed by atoms with Crippen molar-refractivity contribution in [3.05, 3.63) is 0 Å². The van der Waals surface area contributed by atoms with Crippen LogP contribution in [0.4, 0.5) is 0 Å². The van der Waals surface area contributed by atoms with E-state index in [1.54, 1.807) is 0 Å². The van der Waals surface area contributed by atoms with Crippen LogP contribution in [0.25, 0.3) is 0 Å². The average molecular weight is 255 g/mol. The molecule has 0 radical (unpaired) electrons. The zero-order valence-corrected chi connectivity index (χ0v) is 12.4.